The maximum Gasteiger partial charge on any atom is 0.258 e. The second kappa shape index (κ2) is 3.80. The Kier molecular flexibility index (Phi) is 2.58. The Balaban J connectivity index is 2.82. The maximum absolute atomic E-state index is 13.9. The van der Waals surface area contributed by atoms with E-state index < -0.39 is 16.8 Å². The van der Waals surface area contributed by atoms with Gasteiger partial charge in [0.05, 0.1) is 5.39 Å². The Morgan fingerprint density at radius 1 is 1.41 bits per heavy atom. The fourth-order valence-electron chi connectivity index (χ4n) is 1.73. The van der Waals surface area contributed by atoms with Crippen LogP contribution in [0.25, 0.3) is 10.8 Å². The van der Waals surface area contributed by atoms with Crippen LogP contribution in [-0.2, 0) is 5.41 Å². The van der Waals surface area contributed by atoms with E-state index in [1.165, 1.54) is 18.5 Å². The fourth-order valence-corrected chi connectivity index (χ4v) is 1.73. The molecule has 0 unspecified atom stereocenters. The first-order valence-corrected chi connectivity index (χ1v) is 5.29. The number of halogens is 1. The molecular formula is C13H13FN2O. The van der Waals surface area contributed by atoms with Gasteiger partial charge in [-0.15, -0.1) is 0 Å². The topological polar surface area (TPSA) is 56.7 Å². The first-order valence-electron chi connectivity index (χ1n) is 5.29. The molecule has 88 valence electrons. The van der Waals surface area contributed by atoms with Crippen molar-refractivity contribution in [2.24, 2.45) is 0 Å². The summed E-state index contributed by atoms with van der Waals surface area (Å²) in [5, 5.41) is 7.97. The summed E-state index contributed by atoms with van der Waals surface area (Å²) in [7, 11) is 0. The van der Waals surface area contributed by atoms with Crippen LogP contribution in [0.15, 0.2) is 29.2 Å². The van der Waals surface area contributed by atoms with E-state index in [4.69, 9.17) is 5.41 Å². The summed E-state index contributed by atoms with van der Waals surface area (Å²) in [6, 6.07) is 4.73. The molecule has 17 heavy (non-hydrogen) atoms. The lowest BCUT2D eigenvalue weighted by atomic mass is 9.85. The highest BCUT2D eigenvalue weighted by atomic mass is 19.1. The van der Waals surface area contributed by atoms with Crippen molar-refractivity contribution >= 4 is 17.0 Å². The highest BCUT2D eigenvalue weighted by molar-refractivity contribution is 5.84. The molecule has 0 spiro atoms. The average molecular weight is 232 g/mol. The lowest BCUT2D eigenvalue weighted by Gasteiger charge is -2.19. The first-order chi connectivity index (χ1) is 7.95. The molecule has 0 bridgehead atoms. The van der Waals surface area contributed by atoms with Gasteiger partial charge in [-0.25, -0.2) is 4.39 Å². The first kappa shape index (κ1) is 11.5. The summed E-state index contributed by atoms with van der Waals surface area (Å²) < 4.78 is 13.9. The van der Waals surface area contributed by atoms with Gasteiger partial charge in [-0.3, -0.25) is 4.79 Å². The second-order valence-corrected chi connectivity index (χ2v) is 4.60. The quantitative estimate of drug-likeness (QED) is 0.768. The fraction of sp³-hybridized carbons (Fsp3) is 0.231. The van der Waals surface area contributed by atoms with Gasteiger partial charge in [0.1, 0.15) is 5.82 Å². The van der Waals surface area contributed by atoms with Crippen molar-refractivity contribution in [1.29, 1.82) is 5.41 Å². The SMILES string of the molecule is CC(C)(C=N)c1cc(F)c2c(=O)[nH]ccc2c1. The van der Waals surface area contributed by atoms with E-state index >= 15 is 0 Å². The predicted molar refractivity (Wildman–Crippen MR) is 66.3 cm³/mol. The zero-order chi connectivity index (χ0) is 12.6. The number of hydrogen-bond donors (Lipinski definition) is 2. The maximum atomic E-state index is 13.9. The van der Waals surface area contributed by atoms with Crippen molar-refractivity contribution in [3.8, 4) is 0 Å². The molecule has 3 nitrogen and oxygen atoms in total. The van der Waals surface area contributed by atoms with E-state index in [1.807, 2.05) is 13.8 Å². The zero-order valence-corrected chi connectivity index (χ0v) is 9.67. The number of benzene rings is 1. The largest absolute Gasteiger partial charge is 0.328 e. The highest BCUT2D eigenvalue weighted by Crippen LogP contribution is 2.25. The van der Waals surface area contributed by atoms with Gasteiger partial charge in [-0.2, -0.15) is 0 Å². The van der Waals surface area contributed by atoms with Gasteiger partial charge in [0.25, 0.3) is 5.56 Å². The number of nitrogens with one attached hydrogen (secondary N) is 2. The van der Waals surface area contributed by atoms with Crippen molar-refractivity contribution in [2.75, 3.05) is 0 Å². The van der Waals surface area contributed by atoms with E-state index in [0.29, 0.717) is 10.9 Å². The molecule has 1 aromatic carbocycles. The summed E-state index contributed by atoms with van der Waals surface area (Å²) in [4.78, 5) is 13.9. The summed E-state index contributed by atoms with van der Waals surface area (Å²) in [5.74, 6) is -0.547. The smallest absolute Gasteiger partial charge is 0.258 e. The molecule has 2 aromatic rings. The lowest BCUT2D eigenvalue weighted by molar-refractivity contribution is 0.628. The molecule has 0 atom stereocenters. The van der Waals surface area contributed by atoms with Gasteiger partial charge in [-0.1, -0.05) is 13.8 Å². The monoisotopic (exact) mass is 232 g/mol. The number of aromatic amines is 1. The third-order valence-electron chi connectivity index (χ3n) is 2.93. The Hall–Kier alpha value is -1.97. The summed E-state index contributed by atoms with van der Waals surface area (Å²) in [6.45, 7) is 3.65. The number of hydrogen-bond acceptors (Lipinski definition) is 2. The van der Waals surface area contributed by atoms with Gasteiger partial charge >= 0.3 is 0 Å². The van der Waals surface area contributed by atoms with Gasteiger partial charge in [-0.05, 0) is 29.1 Å². The van der Waals surface area contributed by atoms with Crippen LogP contribution in [0.2, 0.25) is 0 Å². The van der Waals surface area contributed by atoms with Crippen LogP contribution in [0.1, 0.15) is 19.4 Å². The van der Waals surface area contributed by atoms with Gasteiger partial charge in [0, 0.05) is 17.8 Å². The van der Waals surface area contributed by atoms with Crippen LogP contribution >= 0.6 is 0 Å². The van der Waals surface area contributed by atoms with E-state index in [0.717, 1.165) is 0 Å². The molecule has 0 amide bonds. The normalized spacial score (nSPS) is 11.7. The summed E-state index contributed by atoms with van der Waals surface area (Å²) in [5.41, 5.74) is -0.292. The molecule has 0 aliphatic rings. The lowest BCUT2D eigenvalue weighted by Crippen LogP contribution is -2.19. The van der Waals surface area contributed by atoms with Gasteiger partial charge in [0.2, 0.25) is 0 Å². The Morgan fingerprint density at radius 2 is 2.12 bits per heavy atom. The van der Waals surface area contributed by atoms with Crippen molar-refractivity contribution in [1.82, 2.24) is 4.98 Å². The average Bonchev–Trinajstić information content (AvgIpc) is 2.28. The summed E-state index contributed by atoms with van der Waals surface area (Å²) >= 11 is 0. The third-order valence-corrected chi connectivity index (χ3v) is 2.93. The molecule has 4 heteroatoms. The molecular weight excluding hydrogens is 219 g/mol. The van der Waals surface area contributed by atoms with Crippen LogP contribution < -0.4 is 5.56 Å². The molecule has 0 radical (unpaired) electrons. The second-order valence-electron chi connectivity index (χ2n) is 4.60. The van der Waals surface area contributed by atoms with Crippen LogP contribution in [0, 0.1) is 11.2 Å². The van der Waals surface area contributed by atoms with Crippen LogP contribution in [0.5, 0.6) is 0 Å². The zero-order valence-electron chi connectivity index (χ0n) is 9.67. The van der Waals surface area contributed by atoms with Crippen LogP contribution in [0.3, 0.4) is 0 Å². The van der Waals surface area contributed by atoms with Gasteiger partial charge < -0.3 is 10.4 Å². The van der Waals surface area contributed by atoms with Crippen LogP contribution in [0.4, 0.5) is 4.39 Å². The Morgan fingerprint density at radius 3 is 2.76 bits per heavy atom. The molecule has 0 aliphatic heterocycles. The van der Waals surface area contributed by atoms with Crippen molar-refractivity contribution in [2.45, 2.75) is 19.3 Å². The Bertz CT molecular complexity index is 643. The van der Waals surface area contributed by atoms with E-state index in [1.54, 1.807) is 12.1 Å². The standard InChI is InChI=1S/C13H13FN2O/c1-13(2,7-15)9-5-8-3-4-16-12(17)11(8)10(14)6-9/h3-7,15H,1-2H3,(H,16,17). The van der Waals surface area contributed by atoms with E-state index in [9.17, 15) is 9.18 Å². The summed E-state index contributed by atoms with van der Waals surface area (Å²) in [6.07, 6.45) is 2.76. The van der Waals surface area contributed by atoms with E-state index in [-0.39, 0.29) is 5.39 Å². The molecule has 0 saturated carbocycles. The minimum atomic E-state index is -0.547. The molecule has 2 N–H and O–H groups in total. The predicted octanol–water partition coefficient (Wildman–Crippen LogP) is 2.59. The molecule has 2 rings (SSSR count). The van der Waals surface area contributed by atoms with Crippen molar-refractivity contribution < 1.29 is 4.39 Å². The van der Waals surface area contributed by atoms with E-state index in [2.05, 4.69) is 4.98 Å². The van der Waals surface area contributed by atoms with Crippen LogP contribution in [-0.4, -0.2) is 11.2 Å². The molecule has 1 heterocycles. The minimum absolute atomic E-state index is 0.0667. The minimum Gasteiger partial charge on any atom is -0.328 e. The highest BCUT2D eigenvalue weighted by Gasteiger charge is 2.19. The van der Waals surface area contributed by atoms with Crippen molar-refractivity contribution in [3.63, 3.8) is 0 Å². The number of rotatable bonds is 2. The molecule has 0 aliphatic carbocycles. The Labute approximate surface area is 97.8 Å². The molecule has 0 fully saturated rings. The number of aromatic nitrogens is 1. The molecule has 1 aromatic heterocycles. The number of pyridine rings is 1. The van der Waals surface area contributed by atoms with Gasteiger partial charge in [0.15, 0.2) is 0 Å². The molecule has 0 saturated heterocycles. The number of H-pyrrole nitrogens is 1. The number of fused-ring (bicyclic) bond motifs is 1. The third kappa shape index (κ3) is 1.86. The van der Waals surface area contributed by atoms with Crippen molar-refractivity contribution in [3.05, 3.63) is 46.1 Å².